The highest BCUT2D eigenvalue weighted by Gasteiger charge is 2.10. The number of guanidine groups is 1. The Morgan fingerprint density at radius 1 is 1.22 bits per heavy atom. The number of amides is 1. The lowest BCUT2D eigenvalue weighted by Crippen LogP contribution is -2.45. The van der Waals surface area contributed by atoms with Crippen LogP contribution in [0.2, 0.25) is 0 Å². The van der Waals surface area contributed by atoms with Gasteiger partial charge >= 0.3 is 0 Å². The minimum atomic E-state index is -0.104. The second-order valence-corrected chi connectivity index (χ2v) is 5.22. The molecule has 0 aromatic heterocycles. The predicted octanol–water partition coefficient (Wildman–Crippen LogP) is 0.122. The maximum Gasteiger partial charge on any atom is 0.243 e. The van der Waals surface area contributed by atoms with Gasteiger partial charge in [0, 0.05) is 38.9 Å². The summed E-state index contributed by atoms with van der Waals surface area (Å²) < 4.78 is 5.32. The van der Waals surface area contributed by atoms with E-state index in [1.165, 1.54) is 0 Å². The van der Waals surface area contributed by atoms with Crippen molar-refractivity contribution in [1.82, 2.24) is 15.5 Å². The van der Waals surface area contributed by atoms with E-state index in [4.69, 9.17) is 4.74 Å². The van der Waals surface area contributed by atoms with E-state index in [1.54, 1.807) is 7.05 Å². The van der Waals surface area contributed by atoms with Crippen molar-refractivity contribution in [3.8, 4) is 0 Å². The number of nitrogens with one attached hydrogen (secondary N) is 3. The van der Waals surface area contributed by atoms with Gasteiger partial charge in [-0.3, -0.25) is 14.7 Å². The summed E-state index contributed by atoms with van der Waals surface area (Å²) in [4.78, 5) is 18.3. The first-order chi connectivity index (χ1) is 11.3. The summed E-state index contributed by atoms with van der Waals surface area (Å²) in [6.07, 6.45) is 0. The van der Waals surface area contributed by atoms with E-state index in [9.17, 15) is 4.79 Å². The molecule has 3 N–H and O–H groups in total. The number of hydrogen-bond donors (Lipinski definition) is 3. The van der Waals surface area contributed by atoms with E-state index in [2.05, 4.69) is 25.8 Å². The fourth-order valence-electron chi connectivity index (χ4n) is 2.27. The van der Waals surface area contributed by atoms with Gasteiger partial charge in [0.15, 0.2) is 5.96 Å². The summed E-state index contributed by atoms with van der Waals surface area (Å²) in [5, 5.41) is 9.05. The average Bonchev–Trinajstić information content (AvgIpc) is 2.59. The Morgan fingerprint density at radius 3 is 2.65 bits per heavy atom. The lowest BCUT2D eigenvalue weighted by molar-refractivity contribution is -0.115. The van der Waals surface area contributed by atoms with Crippen LogP contribution in [0.15, 0.2) is 35.3 Å². The maximum absolute atomic E-state index is 11.9. The quantitative estimate of drug-likeness (QED) is 0.513. The summed E-state index contributed by atoms with van der Waals surface area (Å²) in [7, 11) is 1.69. The monoisotopic (exact) mass is 319 g/mol. The normalized spacial score (nSPS) is 16.0. The number of carbonyl (C=O) groups is 1. The first-order valence-electron chi connectivity index (χ1n) is 7.87. The highest BCUT2D eigenvalue weighted by molar-refractivity contribution is 5.94. The van der Waals surface area contributed by atoms with E-state index < -0.39 is 0 Å². The van der Waals surface area contributed by atoms with Gasteiger partial charge < -0.3 is 20.7 Å². The zero-order valence-electron chi connectivity index (χ0n) is 13.5. The molecular weight excluding hydrogens is 294 g/mol. The third-order valence-electron chi connectivity index (χ3n) is 3.52. The van der Waals surface area contributed by atoms with Crippen LogP contribution >= 0.6 is 0 Å². The molecule has 0 atom stereocenters. The van der Waals surface area contributed by atoms with Crippen LogP contribution in [0, 0.1) is 0 Å². The fraction of sp³-hybridized carbons (Fsp3) is 0.500. The summed E-state index contributed by atoms with van der Waals surface area (Å²) in [6.45, 7) is 5.41. The van der Waals surface area contributed by atoms with Crippen LogP contribution in [-0.2, 0) is 9.53 Å². The fourth-order valence-corrected chi connectivity index (χ4v) is 2.27. The number of carbonyl (C=O) groups excluding carboxylic acids is 1. The Bertz CT molecular complexity index is 500. The molecule has 1 aliphatic rings. The SMILES string of the molecule is CN=C(NCCN1CCOCC1)NCC(=O)Nc1ccccc1. The van der Waals surface area contributed by atoms with Gasteiger partial charge in [0.05, 0.1) is 19.8 Å². The van der Waals surface area contributed by atoms with E-state index in [0.717, 1.165) is 45.1 Å². The molecule has 0 bridgehead atoms. The maximum atomic E-state index is 11.9. The highest BCUT2D eigenvalue weighted by atomic mass is 16.5. The van der Waals surface area contributed by atoms with Crippen LogP contribution in [-0.4, -0.2) is 69.8 Å². The molecule has 1 aliphatic heterocycles. The number of nitrogens with zero attached hydrogens (tertiary/aromatic N) is 2. The summed E-state index contributed by atoms with van der Waals surface area (Å²) in [5.74, 6) is 0.522. The van der Waals surface area contributed by atoms with Crippen LogP contribution in [0.25, 0.3) is 0 Å². The Balaban J connectivity index is 1.63. The molecule has 1 aromatic rings. The molecule has 1 heterocycles. The molecular formula is C16H25N5O2. The lowest BCUT2D eigenvalue weighted by Gasteiger charge is -2.26. The van der Waals surface area contributed by atoms with Crippen LogP contribution in [0.1, 0.15) is 0 Å². The Kier molecular flexibility index (Phi) is 7.35. The van der Waals surface area contributed by atoms with Gasteiger partial charge in [0.1, 0.15) is 0 Å². The van der Waals surface area contributed by atoms with Gasteiger partial charge in [-0.2, -0.15) is 0 Å². The first-order valence-corrected chi connectivity index (χ1v) is 7.87. The molecule has 1 saturated heterocycles. The lowest BCUT2D eigenvalue weighted by atomic mass is 10.3. The molecule has 7 heteroatoms. The van der Waals surface area contributed by atoms with Crippen molar-refractivity contribution in [3.63, 3.8) is 0 Å². The minimum absolute atomic E-state index is 0.104. The Morgan fingerprint density at radius 2 is 1.96 bits per heavy atom. The predicted molar refractivity (Wildman–Crippen MR) is 91.7 cm³/mol. The Labute approximate surface area is 137 Å². The molecule has 0 unspecified atom stereocenters. The summed E-state index contributed by atoms with van der Waals surface area (Å²) >= 11 is 0. The first kappa shape index (κ1) is 17.2. The number of morpholine rings is 1. The van der Waals surface area contributed by atoms with Gasteiger partial charge in [-0.15, -0.1) is 0 Å². The minimum Gasteiger partial charge on any atom is -0.379 e. The highest BCUT2D eigenvalue weighted by Crippen LogP contribution is 2.03. The topological polar surface area (TPSA) is 78.0 Å². The van der Waals surface area contributed by atoms with Crippen molar-refractivity contribution in [2.24, 2.45) is 4.99 Å². The third kappa shape index (κ3) is 6.66. The van der Waals surface area contributed by atoms with E-state index >= 15 is 0 Å². The van der Waals surface area contributed by atoms with Crippen LogP contribution in [0.3, 0.4) is 0 Å². The zero-order chi connectivity index (χ0) is 16.3. The van der Waals surface area contributed by atoms with Crippen molar-refractivity contribution in [2.75, 3.05) is 58.3 Å². The molecule has 7 nitrogen and oxygen atoms in total. The number of anilines is 1. The van der Waals surface area contributed by atoms with Crippen LogP contribution < -0.4 is 16.0 Å². The average molecular weight is 319 g/mol. The van der Waals surface area contributed by atoms with E-state index in [1.807, 2.05) is 30.3 Å². The number of rotatable bonds is 6. The molecule has 0 spiro atoms. The van der Waals surface area contributed by atoms with Crippen molar-refractivity contribution < 1.29 is 9.53 Å². The molecule has 1 fully saturated rings. The van der Waals surface area contributed by atoms with Crippen LogP contribution in [0.4, 0.5) is 5.69 Å². The van der Waals surface area contributed by atoms with E-state index in [0.29, 0.717) is 5.96 Å². The smallest absolute Gasteiger partial charge is 0.243 e. The van der Waals surface area contributed by atoms with Crippen molar-refractivity contribution >= 4 is 17.6 Å². The molecule has 126 valence electrons. The Hall–Kier alpha value is -2.12. The van der Waals surface area contributed by atoms with Gasteiger partial charge in [-0.05, 0) is 12.1 Å². The van der Waals surface area contributed by atoms with Crippen molar-refractivity contribution in [2.45, 2.75) is 0 Å². The molecule has 0 saturated carbocycles. The molecule has 0 radical (unpaired) electrons. The zero-order valence-corrected chi connectivity index (χ0v) is 13.5. The molecule has 0 aliphatic carbocycles. The van der Waals surface area contributed by atoms with Crippen molar-refractivity contribution in [3.05, 3.63) is 30.3 Å². The number of aliphatic imine (C=N–C) groups is 1. The number of ether oxygens (including phenoxy) is 1. The van der Waals surface area contributed by atoms with Crippen molar-refractivity contribution in [1.29, 1.82) is 0 Å². The molecule has 2 rings (SSSR count). The van der Waals surface area contributed by atoms with Gasteiger partial charge in [0.25, 0.3) is 0 Å². The standard InChI is InChI=1S/C16H25N5O2/c1-17-16(18-7-8-21-9-11-23-12-10-21)19-13-15(22)20-14-5-3-2-4-6-14/h2-6H,7-13H2,1H3,(H,20,22)(H2,17,18,19). The largest absolute Gasteiger partial charge is 0.379 e. The number of hydrogen-bond acceptors (Lipinski definition) is 4. The molecule has 1 aromatic carbocycles. The molecule has 1 amide bonds. The molecule has 23 heavy (non-hydrogen) atoms. The van der Waals surface area contributed by atoms with Gasteiger partial charge in [-0.1, -0.05) is 18.2 Å². The van der Waals surface area contributed by atoms with E-state index in [-0.39, 0.29) is 12.5 Å². The third-order valence-corrected chi connectivity index (χ3v) is 3.52. The number of benzene rings is 1. The summed E-state index contributed by atoms with van der Waals surface area (Å²) in [6, 6.07) is 9.39. The summed E-state index contributed by atoms with van der Waals surface area (Å²) in [5.41, 5.74) is 0.787. The van der Waals surface area contributed by atoms with Gasteiger partial charge in [0.2, 0.25) is 5.91 Å². The van der Waals surface area contributed by atoms with Crippen LogP contribution in [0.5, 0.6) is 0 Å². The van der Waals surface area contributed by atoms with Gasteiger partial charge in [-0.25, -0.2) is 0 Å². The second kappa shape index (κ2) is 9.81. The number of para-hydroxylation sites is 1. The second-order valence-electron chi connectivity index (χ2n) is 5.22.